The molecule has 0 aliphatic carbocycles. The van der Waals surface area contributed by atoms with Crippen molar-refractivity contribution in [1.29, 1.82) is 0 Å². The molecule has 1 N–H and O–H groups in total. The Morgan fingerprint density at radius 1 is 0.792 bits per heavy atom. The lowest BCUT2D eigenvalue weighted by Crippen LogP contribution is -2.03. The maximum Gasteiger partial charge on any atom is 0.133 e. The van der Waals surface area contributed by atoms with Crippen LogP contribution in [-0.2, 0) is 32.2 Å². The van der Waals surface area contributed by atoms with Gasteiger partial charge in [0.25, 0.3) is 0 Å². The molecule has 0 saturated carbocycles. The smallest absolute Gasteiger partial charge is 0.133 e. The van der Waals surface area contributed by atoms with E-state index in [0.717, 1.165) is 5.76 Å². The average molecular weight is 338 g/mol. The van der Waals surface area contributed by atoms with Crippen molar-refractivity contribution in [1.82, 2.24) is 0 Å². The van der Waals surface area contributed by atoms with E-state index in [9.17, 15) is 19.2 Å². The number of carbonyl (C=O) groups excluding carboxylic acids is 4. The molecule has 1 aromatic heterocycles. The Kier molecular flexibility index (Phi) is 11.3. The van der Waals surface area contributed by atoms with Crippen LogP contribution in [0.4, 0.5) is 0 Å². The van der Waals surface area contributed by atoms with Crippen LogP contribution in [0.2, 0.25) is 0 Å². The largest absolute Gasteiger partial charge is 0.464 e. The molecule has 1 heterocycles. The molecule has 1 aromatic rings. The Morgan fingerprint density at radius 2 is 1.25 bits per heavy atom. The number of hydrogen-bond acceptors (Lipinski definition) is 6. The Morgan fingerprint density at radius 3 is 1.62 bits per heavy atom. The average Bonchev–Trinajstić information content (AvgIpc) is 2.97. The van der Waals surface area contributed by atoms with Crippen molar-refractivity contribution in [3.05, 3.63) is 23.7 Å². The van der Waals surface area contributed by atoms with Crippen LogP contribution in [0.3, 0.4) is 0 Å². The summed E-state index contributed by atoms with van der Waals surface area (Å²) in [5, 5.41) is 8.67. The monoisotopic (exact) mass is 338 g/mol. The summed E-state index contributed by atoms with van der Waals surface area (Å²) in [6, 6.07) is 3.50. The molecule has 24 heavy (non-hydrogen) atoms. The minimum atomic E-state index is -0.0833. The zero-order chi connectivity index (χ0) is 18.5. The predicted molar refractivity (Wildman–Crippen MR) is 88.5 cm³/mol. The van der Waals surface area contributed by atoms with Crippen LogP contribution in [0.1, 0.15) is 64.4 Å². The Balaban J connectivity index is 0.000000441. The molecule has 0 aliphatic heterocycles. The number of aliphatic hydroxyl groups is 1. The van der Waals surface area contributed by atoms with Gasteiger partial charge in [0.1, 0.15) is 41.3 Å². The van der Waals surface area contributed by atoms with Gasteiger partial charge >= 0.3 is 0 Å². The van der Waals surface area contributed by atoms with E-state index in [1.54, 1.807) is 19.1 Å². The Bertz CT molecular complexity index is 536. The minimum absolute atomic E-state index is 0.000370. The van der Waals surface area contributed by atoms with Crippen LogP contribution in [0.5, 0.6) is 0 Å². The molecule has 0 aliphatic rings. The third-order valence-electron chi connectivity index (χ3n) is 3.11. The first-order valence-electron chi connectivity index (χ1n) is 7.93. The summed E-state index contributed by atoms with van der Waals surface area (Å²) in [6.07, 6.45) is 2.28. The Labute approximate surface area is 142 Å². The van der Waals surface area contributed by atoms with Crippen molar-refractivity contribution in [3.63, 3.8) is 0 Å². The van der Waals surface area contributed by atoms with Crippen LogP contribution in [-0.4, -0.2) is 28.2 Å². The van der Waals surface area contributed by atoms with Gasteiger partial charge in [0.2, 0.25) is 0 Å². The number of carbonyl (C=O) groups is 4. The van der Waals surface area contributed by atoms with Gasteiger partial charge in [0.05, 0.1) is 0 Å². The fourth-order valence-electron chi connectivity index (χ4n) is 1.70. The number of Topliss-reactive ketones (excluding diaryl/α,β-unsaturated/α-hetero) is 4. The van der Waals surface area contributed by atoms with E-state index >= 15 is 0 Å². The second-order valence-electron chi connectivity index (χ2n) is 5.67. The molecule has 6 nitrogen and oxygen atoms in total. The van der Waals surface area contributed by atoms with Gasteiger partial charge in [-0.1, -0.05) is 0 Å². The minimum Gasteiger partial charge on any atom is -0.464 e. The highest BCUT2D eigenvalue weighted by atomic mass is 16.4. The zero-order valence-electron chi connectivity index (χ0n) is 14.6. The Hall–Kier alpha value is -2.08. The molecule has 1 rings (SSSR count). The van der Waals surface area contributed by atoms with Crippen molar-refractivity contribution in [2.75, 3.05) is 0 Å². The summed E-state index contributed by atoms with van der Waals surface area (Å²) >= 11 is 0. The molecule has 0 amide bonds. The summed E-state index contributed by atoms with van der Waals surface area (Å²) < 4.78 is 5.18. The maximum absolute atomic E-state index is 10.9. The van der Waals surface area contributed by atoms with Crippen LogP contribution in [0, 0.1) is 0 Å². The molecular weight excluding hydrogens is 312 g/mol. The lowest BCUT2D eigenvalue weighted by Gasteiger charge is -1.95. The van der Waals surface area contributed by atoms with E-state index in [1.807, 2.05) is 0 Å². The third-order valence-corrected chi connectivity index (χ3v) is 3.11. The van der Waals surface area contributed by atoms with Crippen molar-refractivity contribution in [2.24, 2.45) is 0 Å². The van der Waals surface area contributed by atoms with E-state index in [-0.39, 0.29) is 42.6 Å². The highest BCUT2D eigenvalue weighted by Crippen LogP contribution is 2.09. The summed E-state index contributed by atoms with van der Waals surface area (Å²) in [4.78, 5) is 42.5. The summed E-state index contributed by atoms with van der Waals surface area (Å²) in [5.41, 5.74) is 0. The molecule has 134 valence electrons. The van der Waals surface area contributed by atoms with E-state index in [0.29, 0.717) is 31.4 Å². The molecule has 0 saturated heterocycles. The third kappa shape index (κ3) is 12.5. The zero-order valence-corrected chi connectivity index (χ0v) is 14.6. The lowest BCUT2D eigenvalue weighted by atomic mass is 10.1. The molecule has 0 radical (unpaired) electrons. The van der Waals surface area contributed by atoms with Gasteiger partial charge in [-0.2, -0.15) is 0 Å². The molecule has 0 fully saturated rings. The molecular formula is C18H26O6. The maximum atomic E-state index is 10.9. The first kappa shape index (κ1) is 21.9. The number of ketones is 4. The van der Waals surface area contributed by atoms with E-state index < -0.39 is 0 Å². The van der Waals surface area contributed by atoms with Crippen LogP contribution in [0.25, 0.3) is 0 Å². The standard InChI is InChI=1S/C9H12O3.C9H14O3/c1-7(11)2-3-8-4-5-9(6-10)12-8;1-7(10)3-5-9(12)6-4-8(2)11/h4-5,10H,2-3,6H2,1H3;3-6H2,1-2H3. The van der Waals surface area contributed by atoms with Crippen LogP contribution >= 0.6 is 0 Å². The van der Waals surface area contributed by atoms with Crippen molar-refractivity contribution in [3.8, 4) is 0 Å². The molecule has 0 spiro atoms. The summed E-state index contributed by atoms with van der Waals surface area (Å²) in [5.74, 6) is 1.50. The highest BCUT2D eigenvalue weighted by molar-refractivity contribution is 5.87. The van der Waals surface area contributed by atoms with E-state index in [2.05, 4.69) is 0 Å². The molecule has 6 heteroatoms. The van der Waals surface area contributed by atoms with Gasteiger partial charge in [0.15, 0.2) is 0 Å². The van der Waals surface area contributed by atoms with E-state index in [1.165, 1.54) is 13.8 Å². The summed E-state index contributed by atoms with van der Waals surface area (Å²) in [7, 11) is 0. The first-order valence-corrected chi connectivity index (χ1v) is 7.93. The second-order valence-corrected chi connectivity index (χ2v) is 5.67. The number of hydrogen-bond donors (Lipinski definition) is 1. The van der Waals surface area contributed by atoms with Gasteiger partial charge in [-0.15, -0.1) is 0 Å². The number of aryl methyl sites for hydroxylation is 1. The van der Waals surface area contributed by atoms with Crippen molar-refractivity contribution < 1.29 is 28.7 Å². The lowest BCUT2D eigenvalue weighted by molar-refractivity contribution is -0.125. The van der Waals surface area contributed by atoms with Gasteiger partial charge in [-0.05, 0) is 32.9 Å². The van der Waals surface area contributed by atoms with Crippen molar-refractivity contribution in [2.45, 2.75) is 65.9 Å². The number of rotatable bonds is 10. The highest BCUT2D eigenvalue weighted by Gasteiger charge is 2.05. The first-order chi connectivity index (χ1) is 11.2. The van der Waals surface area contributed by atoms with Gasteiger partial charge in [-0.3, -0.25) is 4.79 Å². The quantitative estimate of drug-likeness (QED) is 0.703. The van der Waals surface area contributed by atoms with Crippen LogP contribution < -0.4 is 0 Å². The van der Waals surface area contributed by atoms with E-state index in [4.69, 9.17) is 9.52 Å². The van der Waals surface area contributed by atoms with Gasteiger partial charge in [-0.25, -0.2) is 0 Å². The molecule has 0 atom stereocenters. The fourth-order valence-corrected chi connectivity index (χ4v) is 1.70. The van der Waals surface area contributed by atoms with Crippen molar-refractivity contribution >= 4 is 23.1 Å². The van der Waals surface area contributed by atoms with Crippen LogP contribution in [0.15, 0.2) is 16.5 Å². The molecule has 0 aromatic carbocycles. The number of furan rings is 1. The molecule has 0 unspecified atom stereocenters. The predicted octanol–water partition coefficient (Wildman–Crippen LogP) is 2.59. The topological polar surface area (TPSA) is 102 Å². The number of aliphatic hydroxyl groups excluding tert-OH is 1. The van der Waals surface area contributed by atoms with Gasteiger partial charge in [0, 0.05) is 38.5 Å². The fraction of sp³-hybridized carbons (Fsp3) is 0.556. The normalized spacial score (nSPS) is 9.83. The van der Waals surface area contributed by atoms with Gasteiger partial charge < -0.3 is 23.9 Å². The SMILES string of the molecule is CC(=O)CCC(=O)CCC(C)=O.CC(=O)CCc1ccc(CO)o1. The second kappa shape index (κ2) is 12.4. The molecule has 0 bridgehead atoms. The summed E-state index contributed by atoms with van der Waals surface area (Å²) in [6.45, 7) is 4.38.